The van der Waals surface area contributed by atoms with Gasteiger partial charge in [-0.1, -0.05) is 29.8 Å². The van der Waals surface area contributed by atoms with E-state index in [1.807, 2.05) is 13.8 Å². The third-order valence-corrected chi connectivity index (χ3v) is 5.05. The Labute approximate surface area is 208 Å². The quantitative estimate of drug-likeness (QED) is 0.373. The van der Waals surface area contributed by atoms with E-state index >= 15 is 0 Å². The molecule has 3 rings (SSSR count). The van der Waals surface area contributed by atoms with Gasteiger partial charge in [0.2, 0.25) is 0 Å². The second-order valence-corrected chi connectivity index (χ2v) is 8.27. The molecule has 0 fully saturated rings. The van der Waals surface area contributed by atoms with Crippen LogP contribution in [0.15, 0.2) is 66.7 Å². The molecule has 7 nitrogen and oxygen atoms in total. The highest BCUT2D eigenvalue weighted by Gasteiger charge is 2.14. The van der Waals surface area contributed by atoms with E-state index < -0.39 is 0 Å². The van der Waals surface area contributed by atoms with Crippen molar-refractivity contribution in [2.75, 3.05) is 17.7 Å². The standard InChI is InChI=1S/C25H24ClN3O4S/c1-15(2)33-18-8-6-7-16(13-18)23(30)29-25(34)27-17-11-12-21(22(14-17)32-3)28-24(31)19-9-4-5-10-20(19)26/h4-15H,1-3H3,(H,28,31)(H2,27,29,30,34). The zero-order valence-electron chi connectivity index (χ0n) is 18.8. The Hall–Kier alpha value is -3.62. The Morgan fingerprint density at radius 2 is 1.71 bits per heavy atom. The molecule has 0 radical (unpaired) electrons. The molecule has 0 atom stereocenters. The van der Waals surface area contributed by atoms with E-state index in [0.29, 0.717) is 39.0 Å². The van der Waals surface area contributed by atoms with Crippen molar-refractivity contribution < 1.29 is 19.1 Å². The van der Waals surface area contributed by atoms with Gasteiger partial charge in [0.25, 0.3) is 11.8 Å². The van der Waals surface area contributed by atoms with Crippen LogP contribution in [0, 0.1) is 0 Å². The van der Waals surface area contributed by atoms with E-state index in [-0.39, 0.29) is 23.0 Å². The van der Waals surface area contributed by atoms with Crippen LogP contribution in [-0.2, 0) is 0 Å². The van der Waals surface area contributed by atoms with Gasteiger partial charge in [0.15, 0.2) is 5.11 Å². The predicted octanol–water partition coefficient (Wildman–Crippen LogP) is 5.51. The first-order chi connectivity index (χ1) is 16.3. The number of hydrogen-bond acceptors (Lipinski definition) is 5. The fourth-order valence-electron chi connectivity index (χ4n) is 3.03. The number of carbonyl (C=O) groups is 2. The number of rotatable bonds is 7. The smallest absolute Gasteiger partial charge is 0.257 e. The third-order valence-electron chi connectivity index (χ3n) is 4.52. The first kappa shape index (κ1) is 25.0. The number of amides is 2. The van der Waals surface area contributed by atoms with Gasteiger partial charge in [-0.25, -0.2) is 0 Å². The van der Waals surface area contributed by atoms with Gasteiger partial charge in [-0.3, -0.25) is 14.9 Å². The number of methoxy groups -OCH3 is 1. The molecule has 3 aromatic carbocycles. The van der Waals surface area contributed by atoms with E-state index in [1.54, 1.807) is 66.7 Å². The number of carbonyl (C=O) groups excluding carboxylic acids is 2. The van der Waals surface area contributed by atoms with Crippen molar-refractivity contribution in [1.82, 2.24) is 5.32 Å². The van der Waals surface area contributed by atoms with Crippen molar-refractivity contribution in [3.8, 4) is 11.5 Å². The maximum atomic E-state index is 12.6. The molecule has 0 unspecified atom stereocenters. The van der Waals surface area contributed by atoms with E-state index in [4.69, 9.17) is 33.3 Å². The molecule has 3 N–H and O–H groups in total. The van der Waals surface area contributed by atoms with Gasteiger partial charge in [-0.15, -0.1) is 0 Å². The van der Waals surface area contributed by atoms with Crippen LogP contribution in [0.25, 0.3) is 0 Å². The second-order valence-electron chi connectivity index (χ2n) is 7.45. The summed E-state index contributed by atoms with van der Waals surface area (Å²) in [4.78, 5) is 25.1. The van der Waals surface area contributed by atoms with Gasteiger partial charge < -0.3 is 20.1 Å². The average Bonchev–Trinajstić information content (AvgIpc) is 2.80. The molecule has 0 heterocycles. The SMILES string of the molecule is COc1cc(NC(=S)NC(=O)c2cccc(OC(C)C)c2)ccc1NC(=O)c1ccccc1Cl. The molecule has 0 spiro atoms. The molecular weight excluding hydrogens is 474 g/mol. The molecule has 0 aliphatic carbocycles. The van der Waals surface area contributed by atoms with Crippen LogP contribution in [0.4, 0.5) is 11.4 Å². The number of halogens is 1. The van der Waals surface area contributed by atoms with Gasteiger partial charge in [0, 0.05) is 17.3 Å². The molecule has 34 heavy (non-hydrogen) atoms. The number of anilines is 2. The Morgan fingerprint density at radius 3 is 2.41 bits per heavy atom. The number of nitrogens with one attached hydrogen (secondary N) is 3. The summed E-state index contributed by atoms with van der Waals surface area (Å²) < 4.78 is 11.0. The van der Waals surface area contributed by atoms with E-state index in [1.165, 1.54) is 7.11 Å². The average molecular weight is 498 g/mol. The molecule has 0 aliphatic heterocycles. The Kier molecular flexibility index (Phi) is 8.45. The fourth-order valence-corrected chi connectivity index (χ4v) is 3.46. The van der Waals surface area contributed by atoms with Crippen LogP contribution in [0.1, 0.15) is 34.6 Å². The minimum absolute atomic E-state index is 0.00605. The van der Waals surface area contributed by atoms with Crippen molar-refractivity contribution >= 4 is 52.1 Å². The lowest BCUT2D eigenvalue weighted by molar-refractivity contribution is 0.0975. The van der Waals surface area contributed by atoms with Gasteiger partial charge in [-0.2, -0.15) is 0 Å². The zero-order valence-corrected chi connectivity index (χ0v) is 20.4. The lowest BCUT2D eigenvalue weighted by Crippen LogP contribution is -2.34. The Bertz CT molecular complexity index is 1220. The van der Waals surface area contributed by atoms with Crippen molar-refractivity contribution in [2.24, 2.45) is 0 Å². The largest absolute Gasteiger partial charge is 0.494 e. The van der Waals surface area contributed by atoms with Gasteiger partial charge in [0.05, 0.1) is 29.5 Å². The topological polar surface area (TPSA) is 88.7 Å². The van der Waals surface area contributed by atoms with Crippen molar-refractivity contribution in [1.29, 1.82) is 0 Å². The van der Waals surface area contributed by atoms with E-state index in [0.717, 1.165) is 0 Å². The summed E-state index contributed by atoms with van der Waals surface area (Å²) in [5.41, 5.74) is 1.78. The number of hydrogen-bond donors (Lipinski definition) is 3. The lowest BCUT2D eigenvalue weighted by atomic mass is 10.2. The first-order valence-electron chi connectivity index (χ1n) is 10.4. The Morgan fingerprint density at radius 1 is 0.941 bits per heavy atom. The molecule has 0 bridgehead atoms. The van der Waals surface area contributed by atoms with Crippen LogP contribution in [-0.4, -0.2) is 30.1 Å². The van der Waals surface area contributed by atoms with Crippen molar-refractivity contribution in [2.45, 2.75) is 20.0 Å². The van der Waals surface area contributed by atoms with Crippen molar-refractivity contribution in [3.63, 3.8) is 0 Å². The monoisotopic (exact) mass is 497 g/mol. The Balaban J connectivity index is 1.65. The zero-order chi connectivity index (χ0) is 24.7. The number of thiocarbonyl (C=S) groups is 1. The number of benzene rings is 3. The summed E-state index contributed by atoms with van der Waals surface area (Å²) in [7, 11) is 1.48. The second kappa shape index (κ2) is 11.5. The molecule has 176 valence electrons. The highest BCUT2D eigenvalue weighted by Crippen LogP contribution is 2.29. The molecule has 9 heteroatoms. The summed E-state index contributed by atoms with van der Waals surface area (Å²) in [6.45, 7) is 3.82. The van der Waals surface area contributed by atoms with Crippen LogP contribution in [0.3, 0.4) is 0 Å². The third kappa shape index (κ3) is 6.69. The van der Waals surface area contributed by atoms with Gasteiger partial charge in [-0.05, 0) is 68.5 Å². The normalized spacial score (nSPS) is 10.4. The van der Waals surface area contributed by atoms with Gasteiger partial charge >= 0.3 is 0 Å². The summed E-state index contributed by atoms with van der Waals surface area (Å²) in [5, 5.41) is 8.81. The van der Waals surface area contributed by atoms with E-state index in [2.05, 4.69) is 16.0 Å². The van der Waals surface area contributed by atoms with Crippen LogP contribution in [0.2, 0.25) is 5.02 Å². The van der Waals surface area contributed by atoms with Crippen LogP contribution < -0.4 is 25.4 Å². The summed E-state index contributed by atoms with van der Waals surface area (Å²) in [6, 6.07) is 18.6. The van der Waals surface area contributed by atoms with Gasteiger partial charge in [0.1, 0.15) is 11.5 Å². The molecule has 0 saturated carbocycles. The highest BCUT2D eigenvalue weighted by molar-refractivity contribution is 7.80. The molecule has 3 aromatic rings. The molecule has 2 amide bonds. The lowest BCUT2D eigenvalue weighted by Gasteiger charge is -2.15. The minimum atomic E-state index is -0.373. The van der Waals surface area contributed by atoms with Crippen molar-refractivity contribution in [3.05, 3.63) is 82.9 Å². The molecule has 0 aromatic heterocycles. The van der Waals surface area contributed by atoms with Crippen LogP contribution in [0.5, 0.6) is 11.5 Å². The van der Waals surface area contributed by atoms with E-state index in [9.17, 15) is 9.59 Å². The maximum absolute atomic E-state index is 12.6. The predicted molar refractivity (Wildman–Crippen MR) is 138 cm³/mol. The maximum Gasteiger partial charge on any atom is 0.257 e. The molecule has 0 aliphatic rings. The minimum Gasteiger partial charge on any atom is -0.494 e. The highest BCUT2D eigenvalue weighted by atomic mass is 35.5. The molecule has 0 saturated heterocycles. The first-order valence-corrected chi connectivity index (χ1v) is 11.2. The summed E-state index contributed by atoms with van der Waals surface area (Å²) >= 11 is 11.4. The number of ether oxygens (including phenoxy) is 2. The fraction of sp³-hybridized carbons (Fsp3) is 0.160. The molecular formula is C25H24ClN3O4S. The summed E-state index contributed by atoms with van der Waals surface area (Å²) in [5.74, 6) is 0.261. The van der Waals surface area contributed by atoms with Crippen LogP contribution >= 0.6 is 23.8 Å². The summed E-state index contributed by atoms with van der Waals surface area (Å²) in [6.07, 6.45) is -0.00605.